The normalized spacial score (nSPS) is 25.9. The molecule has 2 amide bonds. The molecular weight excluding hydrogens is 232 g/mol. The van der Waals surface area contributed by atoms with Crippen LogP contribution < -0.4 is 15.5 Å². The molecule has 0 radical (unpaired) electrons. The summed E-state index contributed by atoms with van der Waals surface area (Å²) < 4.78 is 0. The van der Waals surface area contributed by atoms with Crippen molar-refractivity contribution in [1.82, 2.24) is 10.2 Å². The quantitative estimate of drug-likeness (QED) is 0.484. The number of likely N-dealkylation sites (N-methyl/N-ethyl adjacent to an activating group) is 1. The highest BCUT2D eigenvalue weighted by atomic mass is 16.2. The molecular formula is C12H24N4O2+2. The molecule has 102 valence electrons. The van der Waals surface area contributed by atoms with E-state index >= 15 is 0 Å². The predicted octanol–water partition coefficient (Wildman–Crippen LogP) is -3.81. The number of hydrogen-bond donors (Lipinski definition) is 3. The van der Waals surface area contributed by atoms with Gasteiger partial charge in [0.2, 0.25) is 5.91 Å². The van der Waals surface area contributed by atoms with Crippen molar-refractivity contribution in [3.63, 3.8) is 0 Å². The van der Waals surface area contributed by atoms with Crippen LogP contribution in [0.2, 0.25) is 0 Å². The average molecular weight is 256 g/mol. The summed E-state index contributed by atoms with van der Waals surface area (Å²) >= 11 is 0. The Morgan fingerprint density at radius 1 is 1.50 bits per heavy atom. The Kier molecular flexibility index (Phi) is 4.54. The zero-order chi connectivity index (χ0) is 13.0. The van der Waals surface area contributed by atoms with Crippen LogP contribution in [0.15, 0.2) is 0 Å². The van der Waals surface area contributed by atoms with Crippen molar-refractivity contribution in [2.24, 2.45) is 0 Å². The van der Waals surface area contributed by atoms with E-state index in [9.17, 15) is 9.59 Å². The van der Waals surface area contributed by atoms with Crippen molar-refractivity contribution in [2.45, 2.75) is 19.4 Å². The summed E-state index contributed by atoms with van der Waals surface area (Å²) in [7, 11) is 0. The van der Waals surface area contributed by atoms with E-state index < -0.39 is 0 Å². The lowest BCUT2D eigenvalue weighted by atomic mass is 10.1. The van der Waals surface area contributed by atoms with E-state index in [0.717, 1.165) is 39.3 Å². The first-order chi connectivity index (χ1) is 8.70. The van der Waals surface area contributed by atoms with E-state index in [2.05, 4.69) is 12.2 Å². The minimum atomic E-state index is -0.220. The first-order valence-electron chi connectivity index (χ1n) is 6.93. The Labute approximate surface area is 108 Å². The number of rotatable bonds is 3. The first kappa shape index (κ1) is 13.3. The van der Waals surface area contributed by atoms with E-state index in [4.69, 9.17) is 0 Å². The third-order valence-electron chi connectivity index (χ3n) is 3.95. The van der Waals surface area contributed by atoms with Crippen molar-refractivity contribution in [3.05, 3.63) is 0 Å². The van der Waals surface area contributed by atoms with Crippen LogP contribution in [0.25, 0.3) is 0 Å². The minimum absolute atomic E-state index is 0.00687. The second-order valence-electron chi connectivity index (χ2n) is 5.11. The molecule has 6 heteroatoms. The topological polar surface area (TPSA) is 70.5 Å². The number of nitrogens with one attached hydrogen (secondary N) is 2. The number of quaternary nitrogens is 2. The third-order valence-corrected chi connectivity index (χ3v) is 3.95. The summed E-state index contributed by atoms with van der Waals surface area (Å²) in [5.74, 6) is 0.135. The van der Waals surface area contributed by atoms with Gasteiger partial charge in [0, 0.05) is 0 Å². The highest BCUT2D eigenvalue weighted by molar-refractivity contribution is 5.87. The maximum atomic E-state index is 12.1. The molecule has 2 rings (SSSR count). The largest absolute Gasteiger partial charge is 0.345 e. The second-order valence-corrected chi connectivity index (χ2v) is 5.11. The second kappa shape index (κ2) is 6.15. The molecule has 2 saturated heterocycles. The molecule has 0 bridgehead atoms. The summed E-state index contributed by atoms with van der Waals surface area (Å²) in [6.07, 6.45) is 0.341. The molecule has 4 N–H and O–H groups in total. The number of piperazine rings is 2. The summed E-state index contributed by atoms with van der Waals surface area (Å²) in [5.41, 5.74) is 0. The van der Waals surface area contributed by atoms with Crippen LogP contribution >= 0.6 is 0 Å². The fourth-order valence-electron chi connectivity index (χ4n) is 2.64. The maximum Gasteiger partial charge on any atom is 0.278 e. The van der Waals surface area contributed by atoms with Crippen LogP contribution in [0.4, 0.5) is 0 Å². The van der Waals surface area contributed by atoms with Gasteiger partial charge in [-0.2, -0.15) is 0 Å². The van der Waals surface area contributed by atoms with Crippen LogP contribution in [0.1, 0.15) is 13.3 Å². The molecule has 2 heterocycles. The fraction of sp³-hybridized carbons (Fsp3) is 0.833. The lowest BCUT2D eigenvalue weighted by Gasteiger charge is -2.32. The highest BCUT2D eigenvalue weighted by Gasteiger charge is 2.31. The Hall–Kier alpha value is -1.14. The van der Waals surface area contributed by atoms with E-state index in [1.165, 1.54) is 0 Å². The van der Waals surface area contributed by atoms with Gasteiger partial charge in [-0.3, -0.25) is 9.59 Å². The SMILES string of the molecule is CC[NH+]1CCN(C(=O)C[C@H]2[NH2+]CCNC2=O)CC1. The van der Waals surface area contributed by atoms with E-state index in [1.54, 1.807) is 4.90 Å². The van der Waals surface area contributed by atoms with Gasteiger partial charge in [-0.15, -0.1) is 0 Å². The molecule has 18 heavy (non-hydrogen) atoms. The number of carbonyl (C=O) groups is 2. The maximum absolute atomic E-state index is 12.1. The van der Waals surface area contributed by atoms with Crippen LogP contribution in [0.3, 0.4) is 0 Å². The first-order valence-corrected chi connectivity index (χ1v) is 6.93. The molecule has 2 aliphatic heterocycles. The molecule has 0 saturated carbocycles. The predicted molar refractivity (Wildman–Crippen MR) is 66.0 cm³/mol. The molecule has 0 spiro atoms. The van der Waals surface area contributed by atoms with Crippen molar-refractivity contribution in [3.8, 4) is 0 Å². The Bertz CT molecular complexity index is 313. The summed E-state index contributed by atoms with van der Waals surface area (Å²) in [4.78, 5) is 27.2. The van der Waals surface area contributed by atoms with Crippen molar-refractivity contribution >= 4 is 11.8 Å². The summed E-state index contributed by atoms with van der Waals surface area (Å²) in [6, 6.07) is -0.220. The van der Waals surface area contributed by atoms with Crippen molar-refractivity contribution in [1.29, 1.82) is 0 Å². The van der Waals surface area contributed by atoms with Gasteiger partial charge in [0.25, 0.3) is 5.91 Å². The third kappa shape index (κ3) is 3.20. The van der Waals surface area contributed by atoms with Crippen LogP contribution in [-0.4, -0.2) is 68.6 Å². The van der Waals surface area contributed by atoms with Crippen LogP contribution in [0, 0.1) is 0 Å². The number of amides is 2. The van der Waals surface area contributed by atoms with Gasteiger partial charge < -0.3 is 20.4 Å². The monoisotopic (exact) mass is 256 g/mol. The smallest absolute Gasteiger partial charge is 0.278 e. The molecule has 2 fully saturated rings. The van der Waals surface area contributed by atoms with E-state index in [-0.39, 0.29) is 17.9 Å². The molecule has 0 aromatic carbocycles. The van der Waals surface area contributed by atoms with Gasteiger partial charge in [-0.25, -0.2) is 0 Å². The minimum Gasteiger partial charge on any atom is -0.345 e. The highest BCUT2D eigenvalue weighted by Crippen LogP contribution is 1.99. The van der Waals surface area contributed by atoms with Gasteiger partial charge in [-0.1, -0.05) is 0 Å². The van der Waals surface area contributed by atoms with Gasteiger partial charge in [0.1, 0.15) is 0 Å². The average Bonchev–Trinajstić information content (AvgIpc) is 2.41. The van der Waals surface area contributed by atoms with Gasteiger partial charge in [0.05, 0.1) is 52.2 Å². The van der Waals surface area contributed by atoms with E-state index in [0.29, 0.717) is 13.0 Å². The number of hydrogen-bond acceptors (Lipinski definition) is 2. The lowest BCUT2D eigenvalue weighted by Crippen LogP contribution is -3.14. The summed E-state index contributed by atoms with van der Waals surface area (Å²) in [6.45, 7) is 8.60. The summed E-state index contributed by atoms with van der Waals surface area (Å²) in [5, 5.41) is 4.79. The molecule has 6 nitrogen and oxygen atoms in total. The van der Waals surface area contributed by atoms with Crippen molar-refractivity contribution < 1.29 is 19.8 Å². The molecule has 1 atom stereocenters. The number of nitrogens with zero attached hydrogens (tertiary/aromatic N) is 1. The van der Waals surface area contributed by atoms with Gasteiger partial charge in [0.15, 0.2) is 6.04 Å². The zero-order valence-corrected chi connectivity index (χ0v) is 11.1. The zero-order valence-electron chi connectivity index (χ0n) is 11.1. The van der Waals surface area contributed by atoms with Crippen LogP contribution in [0.5, 0.6) is 0 Å². The van der Waals surface area contributed by atoms with Crippen LogP contribution in [-0.2, 0) is 9.59 Å². The molecule has 0 aromatic rings. The Balaban J connectivity index is 1.79. The standard InChI is InChI=1S/C12H22N4O2/c1-2-15-5-7-16(8-6-15)11(17)9-10-12(18)14-4-3-13-10/h10,13H,2-9H2,1H3,(H,14,18)/p+2/t10-/m1/s1. The van der Waals surface area contributed by atoms with Gasteiger partial charge >= 0.3 is 0 Å². The number of nitrogens with two attached hydrogens (primary N) is 1. The molecule has 0 unspecified atom stereocenters. The molecule has 0 aliphatic carbocycles. The Morgan fingerprint density at radius 2 is 2.22 bits per heavy atom. The molecule has 0 aromatic heterocycles. The van der Waals surface area contributed by atoms with Crippen molar-refractivity contribution in [2.75, 3.05) is 45.8 Å². The van der Waals surface area contributed by atoms with Gasteiger partial charge in [-0.05, 0) is 6.92 Å². The Morgan fingerprint density at radius 3 is 2.83 bits per heavy atom. The molecule has 2 aliphatic rings. The fourth-order valence-corrected chi connectivity index (χ4v) is 2.64. The lowest BCUT2D eigenvalue weighted by molar-refractivity contribution is -0.902. The number of carbonyl (C=O) groups excluding carboxylic acids is 2. The van der Waals surface area contributed by atoms with E-state index in [1.807, 2.05) is 10.2 Å².